The van der Waals surface area contributed by atoms with Crippen LogP contribution in [0.4, 0.5) is 5.69 Å². The van der Waals surface area contributed by atoms with E-state index in [0.29, 0.717) is 5.92 Å². The van der Waals surface area contributed by atoms with Gasteiger partial charge in [0.25, 0.3) is 0 Å². The molecule has 3 fully saturated rings. The van der Waals surface area contributed by atoms with E-state index in [1.165, 1.54) is 24.1 Å². The van der Waals surface area contributed by atoms with Gasteiger partial charge in [-0.05, 0) is 69.6 Å². The molecule has 0 bridgehead atoms. The minimum atomic E-state index is -0.299. The SMILES string of the molecule is CC1(C)OB(c2cc(C3CC3)cc(N3CCOCC3)c2)OC1(C)C. The van der Waals surface area contributed by atoms with Crippen molar-refractivity contribution in [3.05, 3.63) is 23.8 Å². The molecule has 0 N–H and O–H groups in total. The molecule has 0 spiro atoms. The van der Waals surface area contributed by atoms with Crippen molar-refractivity contribution in [1.29, 1.82) is 0 Å². The van der Waals surface area contributed by atoms with Gasteiger partial charge in [0, 0.05) is 18.8 Å². The third-order valence-corrected chi connectivity index (χ3v) is 5.91. The first kappa shape index (κ1) is 16.4. The van der Waals surface area contributed by atoms with E-state index < -0.39 is 0 Å². The van der Waals surface area contributed by atoms with Crippen molar-refractivity contribution in [1.82, 2.24) is 0 Å². The highest BCUT2D eigenvalue weighted by molar-refractivity contribution is 6.62. The van der Waals surface area contributed by atoms with Gasteiger partial charge in [0.05, 0.1) is 24.4 Å². The summed E-state index contributed by atoms with van der Waals surface area (Å²) in [6, 6.07) is 6.90. The number of morpholine rings is 1. The Labute approximate surface area is 145 Å². The molecule has 2 heterocycles. The van der Waals surface area contributed by atoms with E-state index in [2.05, 4.69) is 50.8 Å². The smallest absolute Gasteiger partial charge is 0.399 e. The fourth-order valence-electron chi connectivity index (χ4n) is 3.43. The predicted molar refractivity (Wildman–Crippen MR) is 97.2 cm³/mol. The van der Waals surface area contributed by atoms with E-state index in [-0.39, 0.29) is 18.3 Å². The minimum Gasteiger partial charge on any atom is -0.399 e. The molecule has 0 aromatic heterocycles. The molecule has 0 unspecified atom stereocenters. The lowest BCUT2D eigenvalue weighted by Gasteiger charge is -2.32. The van der Waals surface area contributed by atoms with E-state index in [1.54, 1.807) is 0 Å². The van der Waals surface area contributed by atoms with Crippen LogP contribution in [0.2, 0.25) is 0 Å². The average molecular weight is 329 g/mol. The lowest BCUT2D eigenvalue weighted by molar-refractivity contribution is 0.00578. The Morgan fingerprint density at radius 1 is 0.958 bits per heavy atom. The second-order valence-electron chi connectivity index (χ2n) is 8.32. The number of hydrogen-bond acceptors (Lipinski definition) is 4. The van der Waals surface area contributed by atoms with Gasteiger partial charge >= 0.3 is 7.12 Å². The van der Waals surface area contributed by atoms with Crippen molar-refractivity contribution in [3.63, 3.8) is 0 Å². The molecular formula is C19H28BNO3. The van der Waals surface area contributed by atoms with Crippen molar-refractivity contribution in [3.8, 4) is 0 Å². The second-order valence-corrected chi connectivity index (χ2v) is 8.32. The van der Waals surface area contributed by atoms with Crippen molar-refractivity contribution in [2.45, 2.75) is 57.7 Å². The number of anilines is 1. The molecule has 1 saturated carbocycles. The Balaban J connectivity index is 1.66. The fourth-order valence-corrected chi connectivity index (χ4v) is 3.43. The molecule has 0 atom stereocenters. The van der Waals surface area contributed by atoms with Gasteiger partial charge in [0.1, 0.15) is 0 Å². The van der Waals surface area contributed by atoms with Gasteiger partial charge in [-0.15, -0.1) is 0 Å². The van der Waals surface area contributed by atoms with Gasteiger partial charge in [-0.2, -0.15) is 0 Å². The summed E-state index contributed by atoms with van der Waals surface area (Å²) in [7, 11) is -0.284. The molecule has 5 heteroatoms. The lowest BCUT2D eigenvalue weighted by atomic mass is 9.77. The van der Waals surface area contributed by atoms with Gasteiger partial charge in [-0.25, -0.2) is 0 Å². The number of rotatable bonds is 3. The van der Waals surface area contributed by atoms with Gasteiger partial charge in [-0.3, -0.25) is 0 Å². The van der Waals surface area contributed by atoms with E-state index in [0.717, 1.165) is 31.8 Å². The summed E-state index contributed by atoms with van der Waals surface area (Å²) >= 11 is 0. The number of nitrogens with zero attached hydrogens (tertiary/aromatic N) is 1. The Morgan fingerprint density at radius 2 is 1.58 bits per heavy atom. The van der Waals surface area contributed by atoms with Gasteiger partial charge < -0.3 is 18.9 Å². The summed E-state index contributed by atoms with van der Waals surface area (Å²) in [5.74, 6) is 0.715. The number of benzene rings is 1. The first-order valence-corrected chi connectivity index (χ1v) is 9.19. The maximum Gasteiger partial charge on any atom is 0.494 e. The average Bonchev–Trinajstić information content (AvgIpc) is 3.36. The molecule has 0 amide bonds. The summed E-state index contributed by atoms with van der Waals surface area (Å²) in [6.45, 7) is 12.0. The van der Waals surface area contributed by atoms with E-state index >= 15 is 0 Å². The predicted octanol–water partition coefficient (Wildman–Crippen LogP) is 2.70. The molecule has 3 aliphatic rings. The molecule has 4 nitrogen and oxygen atoms in total. The zero-order chi connectivity index (χ0) is 16.9. The Hall–Kier alpha value is -1.04. The standard InChI is InChI=1S/C19H28BNO3/c1-18(2)19(3,4)24-20(23-18)16-11-15(14-5-6-14)12-17(13-16)21-7-9-22-10-8-21/h11-14H,5-10H2,1-4H3. The highest BCUT2D eigenvalue weighted by Crippen LogP contribution is 2.42. The van der Waals surface area contributed by atoms with Crippen LogP contribution in [-0.2, 0) is 14.0 Å². The number of hydrogen-bond donors (Lipinski definition) is 0. The summed E-state index contributed by atoms with van der Waals surface area (Å²) in [5.41, 5.74) is 3.27. The van der Waals surface area contributed by atoms with Crippen LogP contribution in [-0.4, -0.2) is 44.6 Å². The molecule has 2 saturated heterocycles. The monoisotopic (exact) mass is 329 g/mol. The zero-order valence-corrected chi connectivity index (χ0v) is 15.3. The third kappa shape index (κ3) is 2.98. The van der Waals surface area contributed by atoms with Crippen LogP contribution in [0.25, 0.3) is 0 Å². The molecule has 4 rings (SSSR count). The molecule has 24 heavy (non-hydrogen) atoms. The van der Waals surface area contributed by atoms with Crippen LogP contribution < -0.4 is 10.4 Å². The minimum absolute atomic E-state index is 0.284. The largest absolute Gasteiger partial charge is 0.494 e. The Morgan fingerprint density at radius 3 is 2.17 bits per heavy atom. The molecule has 1 aliphatic carbocycles. The van der Waals surface area contributed by atoms with E-state index in [9.17, 15) is 0 Å². The van der Waals surface area contributed by atoms with Crippen LogP contribution in [0.3, 0.4) is 0 Å². The Bertz CT molecular complexity index is 605. The number of ether oxygens (including phenoxy) is 1. The van der Waals surface area contributed by atoms with Crippen molar-refractivity contribution in [2.75, 3.05) is 31.2 Å². The fraction of sp³-hybridized carbons (Fsp3) is 0.684. The summed E-state index contributed by atoms with van der Waals surface area (Å²) in [5, 5.41) is 0. The summed E-state index contributed by atoms with van der Waals surface area (Å²) < 4.78 is 18.1. The normalized spacial score (nSPS) is 26.0. The van der Waals surface area contributed by atoms with Gasteiger partial charge in [0.2, 0.25) is 0 Å². The van der Waals surface area contributed by atoms with E-state index in [1.807, 2.05) is 0 Å². The quantitative estimate of drug-likeness (QED) is 0.798. The molecule has 1 aromatic carbocycles. The van der Waals surface area contributed by atoms with E-state index in [4.69, 9.17) is 14.0 Å². The second kappa shape index (κ2) is 5.75. The molecule has 2 aliphatic heterocycles. The van der Waals surface area contributed by atoms with Crippen LogP contribution in [0.15, 0.2) is 18.2 Å². The van der Waals surface area contributed by atoms with Crippen molar-refractivity contribution < 1.29 is 14.0 Å². The van der Waals surface area contributed by atoms with Crippen molar-refractivity contribution in [2.24, 2.45) is 0 Å². The topological polar surface area (TPSA) is 30.9 Å². The molecule has 0 radical (unpaired) electrons. The Kier molecular flexibility index (Phi) is 3.94. The van der Waals surface area contributed by atoms with Crippen LogP contribution in [0.1, 0.15) is 52.0 Å². The summed E-state index contributed by atoms with van der Waals surface area (Å²) in [6.07, 6.45) is 2.60. The summed E-state index contributed by atoms with van der Waals surface area (Å²) in [4.78, 5) is 2.42. The van der Waals surface area contributed by atoms with Crippen LogP contribution in [0, 0.1) is 0 Å². The van der Waals surface area contributed by atoms with Gasteiger partial charge in [-0.1, -0.05) is 6.07 Å². The van der Waals surface area contributed by atoms with Crippen LogP contribution in [0.5, 0.6) is 0 Å². The molecule has 130 valence electrons. The van der Waals surface area contributed by atoms with Gasteiger partial charge in [0.15, 0.2) is 0 Å². The molecule has 1 aromatic rings. The van der Waals surface area contributed by atoms with Crippen molar-refractivity contribution >= 4 is 18.3 Å². The molecular weight excluding hydrogens is 301 g/mol. The maximum atomic E-state index is 6.28. The highest BCUT2D eigenvalue weighted by Gasteiger charge is 2.52. The third-order valence-electron chi connectivity index (χ3n) is 5.91. The first-order valence-electron chi connectivity index (χ1n) is 9.19. The highest BCUT2D eigenvalue weighted by atomic mass is 16.7. The lowest BCUT2D eigenvalue weighted by Crippen LogP contribution is -2.41. The van der Waals surface area contributed by atoms with Crippen LogP contribution >= 0.6 is 0 Å². The first-order chi connectivity index (χ1) is 11.4. The zero-order valence-electron chi connectivity index (χ0n) is 15.3. The maximum absolute atomic E-state index is 6.28.